The minimum atomic E-state index is -0.515. The molecule has 0 aromatic carbocycles. The Bertz CT molecular complexity index is 273. The van der Waals surface area contributed by atoms with Crippen LogP contribution in [0.3, 0.4) is 0 Å². The van der Waals surface area contributed by atoms with E-state index in [2.05, 4.69) is 5.32 Å². The third-order valence-electron chi connectivity index (χ3n) is 2.90. The standard InChI is InChI=1S/C12H22N2O3/c1-4-17-12(16)13-10(9(2)3)11(15)14-7-5-6-8-14/h9-10H,4-8H2,1-3H3,(H,13,16)/t10-/m0/s1. The highest BCUT2D eigenvalue weighted by Crippen LogP contribution is 2.13. The van der Waals surface area contributed by atoms with Crippen LogP contribution in [0, 0.1) is 5.92 Å². The minimum Gasteiger partial charge on any atom is -0.450 e. The molecule has 1 aliphatic rings. The molecule has 2 amide bonds. The number of nitrogens with zero attached hydrogens (tertiary/aromatic N) is 1. The zero-order valence-electron chi connectivity index (χ0n) is 10.9. The fourth-order valence-electron chi connectivity index (χ4n) is 1.95. The van der Waals surface area contributed by atoms with Crippen molar-refractivity contribution >= 4 is 12.0 Å². The van der Waals surface area contributed by atoms with Gasteiger partial charge in [0.05, 0.1) is 6.61 Å². The summed E-state index contributed by atoms with van der Waals surface area (Å²) in [5.74, 6) is 0.0676. The highest BCUT2D eigenvalue weighted by Gasteiger charge is 2.30. The second kappa shape index (κ2) is 6.47. The van der Waals surface area contributed by atoms with Gasteiger partial charge in [0.15, 0.2) is 0 Å². The van der Waals surface area contributed by atoms with Gasteiger partial charge in [0, 0.05) is 13.1 Å². The zero-order valence-corrected chi connectivity index (χ0v) is 10.9. The number of amides is 2. The molecule has 0 saturated carbocycles. The van der Waals surface area contributed by atoms with E-state index in [4.69, 9.17) is 4.74 Å². The molecule has 0 aromatic heterocycles. The van der Waals surface area contributed by atoms with Crippen molar-refractivity contribution in [3.05, 3.63) is 0 Å². The Morgan fingerprint density at radius 3 is 2.35 bits per heavy atom. The first-order chi connectivity index (χ1) is 8.06. The lowest BCUT2D eigenvalue weighted by molar-refractivity contribution is -0.133. The summed E-state index contributed by atoms with van der Waals surface area (Å²) < 4.78 is 4.81. The number of likely N-dealkylation sites (tertiary alicyclic amines) is 1. The first kappa shape index (κ1) is 13.8. The zero-order chi connectivity index (χ0) is 12.8. The average molecular weight is 242 g/mol. The van der Waals surface area contributed by atoms with Gasteiger partial charge in [-0.2, -0.15) is 0 Å². The van der Waals surface area contributed by atoms with Crippen LogP contribution in [0.5, 0.6) is 0 Å². The maximum absolute atomic E-state index is 12.2. The number of hydrogen-bond donors (Lipinski definition) is 1. The fourth-order valence-corrected chi connectivity index (χ4v) is 1.95. The van der Waals surface area contributed by atoms with Gasteiger partial charge in [-0.1, -0.05) is 13.8 Å². The van der Waals surface area contributed by atoms with Crippen molar-refractivity contribution in [3.8, 4) is 0 Å². The Balaban J connectivity index is 2.58. The number of carbonyl (C=O) groups excluding carboxylic acids is 2. The van der Waals surface area contributed by atoms with E-state index in [0.717, 1.165) is 25.9 Å². The highest BCUT2D eigenvalue weighted by atomic mass is 16.5. The molecular weight excluding hydrogens is 220 g/mol. The van der Waals surface area contributed by atoms with Gasteiger partial charge in [0.25, 0.3) is 0 Å². The number of carbonyl (C=O) groups is 2. The Morgan fingerprint density at radius 2 is 1.88 bits per heavy atom. The first-order valence-electron chi connectivity index (χ1n) is 6.28. The molecule has 5 nitrogen and oxygen atoms in total. The summed E-state index contributed by atoms with van der Waals surface area (Å²) in [6, 6.07) is -0.479. The van der Waals surface area contributed by atoms with Crippen LogP contribution in [0.25, 0.3) is 0 Å². The Labute approximate surface area is 102 Å². The van der Waals surface area contributed by atoms with E-state index in [1.165, 1.54) is 0 Å². The first-order valence-corrected chi connectivity index (χ1v) is 6.28. The third kappa shape index (κ3) is 3.91. The van der Waals surface area contributed by atoms with Gasteiger partial charge in [-0.3, -0.25) is 4.79 Å². The SMILES string of the molecule is CCOC(=O)N[C@H](C(=O)N1CCCC1)C(C)C. The van der Waals surface area contributed by atoms with Crippen LogP contribution in [0.2, 0.25) is 0 Å². The van der Waals surface area contributed by atoms with Gasteiger partial charge >= 0.3 is 6.09 Å². The molecule has 0 aromatic rings. The number of nitrogens with one attached hydrogen (secondary N) is 1. The van der Waals surface area contributed by atoms with Gasteiger partial charge in [-0.15, -0.1) is 0 Å². The summed E-state index contributed by atoms with van der Waals surface area (Å²) in [5, 5.41) is 2.64. The summed E-state index contributed by atoms with van der Waals surface area (Å²) in [7, 11) is 0. The van der Waals surface area contributed by atoms with Gasteiger partial charge < -0.3 is 15.0 Å². The summed E-state index contributed by atoms with van der Waals surface area (Å²) in [4.78, 5) is 25.4. The van der Waals surface area contributed by atoms with Crippen LogP contribution in [0.15, 0.2) is 0 Å². The maximum atomic E-state index is 12.2. The average Bonchev–Trinajstić information content (AvgIpc) is 2.78. The Morgan fingerprint density at radius 1 is 1.29 bits per heavy atom. The number of alkyl carbamates (subject to hydrolysis) is 1. The largest absolute Gasteiger partial charge is 0.450 e. The van der Waals surface area contributed by atoms with E-state index < -0.39 is 12.1 Å². The van der Waals surface area contributed by atoms with Crippen molar-refractivity contribution in [2.75, 3.05) is 19.7 Å². The molecule has 1 rings (SSSR count). The second-order valence-electron chi connectivity index (χ2n) is 4.62. The van der Waals surface area contributed by atoms with Gasteiger partial charge in [-0.05, 0) is 25.7 Å². The molecular formula is C12H22N2O3. The lowest BCUT2D eigenvalue weighted by Gasteiger charge is -2.26. The van der Waals surface area contributed by atoms with E-state index in [1.54, 1.807) is 6.92 Å². The summed E-state index contributed by atoms with van der Waals surface area (Å²) in [5.41, 5.74) is 0. The van der Waals surface area contributed by atoms with E-state index >= 15 is 0 Å². The number of ether oxygens (including phenoxy) is 1. The topological polar surface area (TPSA) is 58.6 Å². The maximum Gasteiger partial charge on any atom is 0.407 e. The van der Waals surface area contributed by atoms with E-state index in [9.17, 15) is 9.59 Å². The molecule has 17 heavy (non-hydrogen) atoms. The van der Waals surface area contributed by atoms with Crippen molar-refractivity contribution in [2.24, 2.45) is 5.92 Å². The second-order valence-corrected chi connectivity index (χ2v) is 4.62. The molecule has 0 unspecified atom stereocenters. The fraction of sp³-hybridized carbons (Fsp3) is 0.833. The quantitative estimate of drug-likeness (QED) is 0.810. The molecule has 1 atom stereocenters. The predicted molar refractivity (Wildman–Crippen MR) is 64.6 cm³/mol. The van der Waals surface area contributed by atoms with Crippen LogP contribution in [0.4, 0.5) is 4.79 Å². The Kier molecular flexibility index (Phi) is 5.25. The van der Waals surface area contributed by atoms with Gasteiger partial charge in [-0.25, -0.2) is 4.79 Å². The number of hydrogen-bond acceptors (Lipinski definition) is 3. The van der Waals surface area contributed by atoms with Crippen LogP contribution < -0.4 is 5.32 Å². The lowest BCUT2D eigenvalue weighted by atomic mass is 10.0. The molecule has 0 bridgehead atoms. The molecule has 5 heteroatoms. The molecule has 1 aliphatic heterocycles. The molecule has 1 fully saturated rings. The van der Waals surface area contributed by atoms with Crippen molar-refractivity contribution in [1.29, 1.82) is 0 Å². The van der Waals surface area contributed by atoms with Crippen LogP contribution in [-0.2, 0) is 9.53 Å². The smallest absolute Gasteiger partial charge is 0.407 e. The summed E-state index contributed by atoms with van der Waals surface area (Å²) >= 11 is 0. The number of rotatable bonds is 4. The van der Waals surface area contributed by atoms with E-state index in [0.29, 0.717) is 6.61 Å². The minimum absolute atomic E-state index is 0.00514. The molecule has 98 valence electrons. The van der Waals surface area contributed by atoms with Crippen molar-refractivity contribution in [3.63, 3.8) is 0 Å². The molecule has 0 radical (unpaired) electrons. The molecule has 1 N–H and O–H groups in total. The Hall–Kier alpha value is -1.26. The van der Waals surface area contributed by atoms with Crippen LogP contribution in [-0.4, -0.2) is 42.6 Å². The lowest BCUT2D eigenvalue weighted by Crippen LogP contribution is -2.50. The van der Waals surface area contributed by atoms with Crippen LogP contribution >= 0.6 is 0 Å². The highest BCUT2D eigenvalue weighted by molar-refractivity contribution is 5.86. The molecule has 1 saturated heterocycles. The monoisotopic (exact) mass is 242 g/mol. The van der Waals surface area contributed by atoms with Crippen molar-refractivity contribution in [1.82, 2.24) is 10.2 Å². The van der Waals surface area contributed by atoms with E-state index in [1.807, 2.05) is 18.7 Å². The summed E-state index contributed by atoms with van der Waals surface area (Å²) in [6.45, 7) is 7.50. The summed E-state index contributed by atoms with van der Waals surface area (Å²) in [6.07, 6.45) is 1.59. The third-order valence-corrected chi connectivity index (χ3v) is 2.90. The predicted octanol–water partition coefficient (Wildman–Crippen LogP) is 1.38. The molecule has 0 aliphatic carbocycles. The van der Waals surface area contributed by atoms with Gasteiger partial charge in [0.2, 0.25) is 5.91 Å². The van der Waals surface area contributed by atoms with Crippen molar-refractivity contribution in [2.45, 2.75) is 39.7 Å². The van der Waals surface area contributed by atoms with Crippen LogP contribution in [0.1, 0.15) is 33.6 Å². The normalized spacial score (nSPS) is 17.1. The van der Waals surface area contributed by atoms with Gasteiger partial charge in [0.1, 0.15) is 6.04 Å². The van der Waals surface area contributed by atoms with Crippen molar-refractivity contribution < 1.29 is 14.3 Å². The molecule has 0 spiro atoms. The van der Waals surface area contributed by atoms with E-state index in [-0.39, 0.29) is 11.8 Å². The molecule has 1 heterocycles.